The summed E-state index contributed by atoms with van der Waals surface area (Å²) in [6.07, 6.45) is -0.618. The van der Waals surface area contributed by atoms with Gasteiger partial charge in [0.1, 0.15) is 0 Å². The first-order chi connectivity index (χ1) is 9.86. The van der Waals surface area contributed by atoms with Gasteiger partial charge in [-0.15, -0.1) is 11.8 Å². The lowest BCUT2D eigenvalue weighted by Crippen LogP contribution is -2.34. The van der Waals surface area contributed by atoms with E-state index in [0.29, 0.717) is 12.0 Å². The number of aliphatic hydroxyl groups excluding tert-OH is 2. The minimum atomic E-state index is -0.565. The Labute approximate surface area is 131 Å². The van der Waals surface area contributed by atoms with Crippen molar-refractivity contribution in [1.29, 1.82) is 0 Å². The smallest absolute Gasteiger partial charge is 0.255 e. The highest BCUT2D eigenvalue weighted by Gasteiger charge is 2.21. The van der Waals surface area contributed by atoms with E-state index in [0.717, 1.165) is 16.2 Å². The average molecular weight is 311 g/mol. The molecule has 0 saturated heterocycles. The van der Waals surface area contributed by atoms with Crippen LogP contribution in [0.4, 0.5) is 0 Å². The van der Waals surface area contributed by atoms with E-state index in [1.807, 2.05) is 25.1 Å². The summed E-state index contributed by atoms with van der Waals surface area (Å²) in [5.41, 5.74) is 1.50. The van der Waals surface area contributed by atoms with Gasteiger partial charge in [-0.3, -0.25) is 4.79 Å². The molecule has 118 valence electrons. The van der Waals surface area contributed by atoms with Crippen molar-refractivity contribution in [2.75, 3.05) is 19.3 Å². The van der Waals surface area contributed by atoms with Gasteiger partial charge in [-0.1, -0.05) is 19.1 Å². The Bertz CT molecular complexity index is 475. The Morgan fingerprint density at radius 3 is 2.48 bits per heavy atom. The maximum atomic E-state index is 12.7. The zero-order valence-electron chi connectivity index (χ0n) is 13.2. The van der Waals surface area contributed by atoms with Gasteiger partial charge < -0.3 is 15.1 Å². The predicted molar refractivity (Wildman–Crippen MR) is 86.9 cm³/mol. The Hall–Kier alpha value is -1.04. The summed E-state index contributed by atoms with van der Waals surface area (Å²) >= 11 is 1.62. The number of carbonyl (C=O) groups is 1. The van der Waals surface area contributed by atoms with Crippen LogP contribution in [0.15, 0.2) is 23.1 Å². The Balaban J connectivity index is 3.18. The lowest BCUT2D eigenvalue weighted by molar-refractivity contribution is 0.0698. The highest BCUT2D eigenvalue weighted by molar-refractivity contribution is 7.99. The second-order valence-corrected chi connectivity index (χ2v) is 6.62. The molecule has 4 nitrogen and oxygen atoms in total. The summed E-state index contributed by atoms with van der Waals surface area (Å²) in [6, 6.07) is 5.74. The minimum absolute atomic E-state index is 0.108. The zero-order chi connectivity index (χ0) is 16.0. The number of aliphatic hydroxyl groups is 2. The number of nitrogens with zero attached hydrogens (tertiary/aromatic N) is 1. The summed E-state index contributed by atoms with van der Waals surface area (Å²) in [4.78, 5) is 15.2. The van der Waals surface area contributed by atoms with Crippen LogP contribution in [0.1, 0.15) is 36.7 Å². The van der Waals surface area contributed by atoms with E-state index >= 15 is 0 Å². The van der Waals surface area contributed by atoms with E-state index in [-0.39, 0.29) is 12.5 Å². The lowest BCUT2D eigenvalue weighted by Gasteiger charge is -2.22. The van der Waals surface area contributed by atoms with Crippen molar-refractivity contribution in [3.8, 4) is 0 Å². The normalized spacial score (nSPS) is 13.8. The first kappa shape index (κ1) is 18.0. The van der Waals surface area contributed by atoms with Gasteiger partial charge in [-0.2, -0.15) is 0 Å². The van der Waals surface area contributed by atoms with Gasteiger partial charge in [0, 0.05) is 18.5 Å². The number of carbonyl (C=O) groups excluding carboxylic acids is 1. The van der Waals surface area contributed by atoms with Crippen LogP contribution in [0.25, 0.3) is 0 Å². The highest BCUT2D eigenvalue weighted by Crippen LogP contribution is 2.27. The monoisotopic (exact) mass is 311 g/mol. The largest absolute Gasteiger partial charge is 0.393 e. The van der Waals surface area contributed by atoms with Crippen LogP contribution in [0, 0.1) is 0 Å². The molecule has 0 aliphatic heterocycles. The number of hydrogen-bond acceptors (Lipinski definition) is 4. The van der Waals surface area contributed by atoms with E-state index in [2.05, 4.69) is 0 Å². The van der Waals surface area contributed by atoms with Crippen molar-refractivity contribution in [3.05, 3.63) is 29.3 Å². The summed E-state index contributed by atoms with van der Waals surface area (Å²) in [6.45, 7) is 5.71. The minimum Gasteiger partial charge on any atom is -0.393 e. The number of hydrogen-bond donors (Lipinski definition) is 2. The quantitative estimate of drug-likeness (QED) is 0.758. The molecule has 21 heavy (non-hydrogen) atoms. The molecule has 0 fully saturated rings. The third-order valence-electron chi connectivity index (χ3n) is 3.03. The van der Waals surface area contributed by atoms with Crippen molar-refractivity contribution in [3.63, 3.8) is 0 Å². The molecule has 0 bridgehead atoms. The number of rotatable bonds is 7. The van der Waals surface area contributed by atoms with Crippen LogP contribution in [0.2, 0.25) is 0 Å². The standard InChI is InChI=1S/C16H25NO3S/c1-5-21-14-8-6-7-13(9-11(2)18)15(14)16(20)17(4)10-12(3)19/h6-8,11-12,18-19H,5,9-10H2,1-4H3. The fourth-order valence-electron chi connectivity index (χ4n) is 2.25. The fourth-order valence-corrected chi connectivity index (χ4v) is 3.10. The fraction of sp³-hybridized carbons (Fsp3) is 0.562. The van der Waals surface area contributed by atoms with Crippen LogP contribution < -0.4 is 0 Å². The number of thioether (sulfide) groups is 1. The SMILES string of the molecule is CCSc1cccc(CC(C)O)c1C(=O)N(C)CC(C)O. The van der Waals surface area contributed by atoms with Crippen LogP contribution in [-0.4, -0.2) is 52.6 Å². The van der Waals surface area contributed by atoms with Crippen LogP contribution in [-0.2, 0) is 6.42 Å². The van der Waals surface area contributed by atoms with Gasteiger partial charge in [0.05, 0.1) is 17.8 Å². The second-order valence-electron chi connectivity index (χ2n) is 5.31. The molecule has 0 aromatic heterocycles. The van der Waals surface area contributed by atoms with Crippen LogP contribution in [0.3, 0.4) is 0 Å². The van der Waals surface area contributed by atoms with E-state index in [1.165, 1.54) is 4.90 Å². The molecule has 0 saturated carbocycles. The topological polar surface area (TPSA) is 60.8 Å². The molecule has 0 aliphatic rings. The lowest BCUT2D eigenvalue weighted by atomic mass is 10.0. The van der Waals surface area contributed by atoms with E-state index in [9.17, 15) is 15.0 Å². The van der Waals surface area contributed by atoms with E-state index in [1.54, 1.807) is 32.7 Å². The molecule has 5 heteroatoms. The molecule has 0 spiro atoms. The first-order valence-electron chi connectivity index (χ1n) is 7.23. The molecule has 1 aromatic rings. The van der Waals surface area contributed by atoms with Crippen LogP contribution >= 0.6 is 11.8 Å². The van der Waals surface area contributed by atoms with Gasteiger partial charge in [0.2, 0.25) is 0 Å². The van der Waals surface area contributed by atoms with Gasteiger partial charge in [0.25, 0.3) is 5.91 Å². The Morgan fingerprint density at radius 2 is 1.95 bits per heavy atom. The summed E-state index contributed by atoms with van der Waals surface area (Å²) in [5, 5.41) is 19.1. The molecule has 0 heterocycles. The van der Waals surface area contributed by atoms with E-state index < -0.39 is 12.2 Å². The average Bonchev–Trinajstić information content (AvgIpc) is 2.37. The molecule has 1 rings (SSSR count). The predicted octanol–water partition coefficient (Wildman–Crippen LogP) is 2.17. The van der Waals surface area contributed by atoms with Crippen molar-refractivity contribution in [1.82, 2.24) is 4.90 Å². The highest BCUT2D eigenvalue weighted by atomic mass is 32.2. The number of amides is 1. The molecule has 0 radical (unpaired) electrons. The van der Waals surface area contributed by atoms with Crippen LogP contribution in [0.5, 0.6) is 0 Å². The summed E-state index contributed by atoms with van der Waals surface area (Å²) in [5.74, 6) is 0.765. The molecular weight excluding hydrogens is 286 g/mol. The molecule has 2 unspecified atom stereocenters. The maximum absolute atomic E-state index is 12.7. The number of benzene rings is 1. The van der Waals surface area contributed by atoms with Gasteiger partial charge >= 0.3 is 0 Å². The number of likely N-dealkylation sites (N-methyl/N-ethyl adjacent to an activating group) is 1. The molecule has 1 amide bonds. The van der Waals surface area contributed by atoms with Gasteiger partial charge in [-0.05, 0) is 37.7 Å². The molecular formula is C16H25NO3S. The van der Waals surface area contributed by atoms with Crippen molar-refractivity contribution >= 4 is 17.7 Å². The summed E-state index contributed by atoms with van der Waals surface area (Å²) in [7, 11) is 1.69. The third-order valence-corrected chi connectivity index (χ3v) is 3.97. The van der Waals surface area contributed by atoms with Gasteiger partial charge in [-0.25, -0.2) is 0 Å². The molecule has 2 N–H and O–H groups in total. The Morgan fingerprint density at radius 1 is 1.29 bits per heavy atom. The summed E-state index contributed by atoms with van der Waals surface area (Å²) < 4.78 is 0. The molecule has 0 aliphatic carbocycles. The third kappa shape index (κ3) is 5.34. The molecule has 2 atom stereocenters. The first-order valence-corrected chi connectivity index (χ1v) is 8.21. The van der Waals surface area contributed by atoms with Crippen molar-refractivity contribution in [2.45, 2.75) is 44.3 Å². The maximum Gasteiger partial charge on any atom is 0.255 e. The van der Waals surface area contributed by atoms with E-state index in [4.69, 9.17) is 0 Å². The Kier molecular flexibility index (Phi) is 7.22. The second kappa shape index (κ2) is 8.41. The van der Waals surface area contributed by atoms with Crippen molar-refractivity contribution in [2.24, 2.45) is 0 Å². The van der Waals surface area contributed by atoms with Gasteiger partial charge in [0.15, 0.2) is 0 Å². The zero-order valence-corrected chi connectivity index (χ0v) is 14.0. The molecule has 1 aromatic carbocycles. The van der Waals surface area contributed by atoms with Crippen molar-refractivity contribution < 1.29 is 15.0 Å².